The summed E-state index contributed by atoms with van der Waals surface area (Å²) >= 11 is 1.38. The van der Waals surface area contributed by atoms with Gasteiger partial charge in [0.05, 0.1) is 26.5 Å². The number of carbonyl (C=O) groups excluding carboxylic acids is 1. The molecule has 1 aromatic heterocycles. The molecule has 0 atom stereocenters. The molecule has 1 amide bonds. The lowest BCUT2D eigenvalue weighted by molar-refractivity contribution is -0.111. The minimum atomic E-state index is -0.249. The van der Waals surface area contributed by atoms with E-state index in [9.17, 15) is 4.79 Å². The monoisotopic (exact) mass is 466 g/mol. The quantitative estimate of drug-likeness (QED) is 0.246. The summed E-state index contributed by atoms with van der Waals surface area (Å²) in [5.74, 6) is 1.90. The average Bonchev–Trinajstić information content (AvgIpc) is 3.31. The van der Waals surface area contributed by atoms with E-state index in [4.69, 9.17) is 14.2 Å². The van der Waals surface area contributed by atoms with Crippen molar-refractivity contribution in [1.29, 1.82) is 0 Å². The van der Waals surface area contributed by atoms with E-state index in [1.54, 1.807) is 20.3 Å². The number of thiazole rings is 1. The van der Waals surface area contributed by atoms with Crippen molar-refractivity contribution in [3.05, 3.63) is 59.5 Å². The lowest BCUT2D eigenvalue weighted by Crippen LogP contribution is -2.07. The van der Waals surface area contributed by atoms with E-state index >= 15 is 0 Å². The first-order chi connectivity index (χ1) is 16.1. The summed E-state index contributed by atoms with van der Waals surface area (Å²) in [6.45, 7) is 2.85. The van der Waals surface area contributed by atoms with Crippen LogP contribution in [-0.4, -0.2) is 31.7 Å². The van der Waals surface area contributed by atoms with E-state index in [0.29, 0.717) is 23.2 Å². The van der Waals surface area contributed by atoms with Gasteiger partial charge >= 0.3 is 0 Å². The number of anilines is 1. The highest BCUT2D eigenvalue weighted by molar-refractivity contribution is 7.14. The lowest BCUT2D eigenvalue weighted by atomic mass is 10.2. The number of methoxy groups -OCH3 is 2. The van der Waals surface area contributed by atoms with E-state index in [2.05, 4.69) is 17.2 Å². The highest BCUT2D eigenvalue weighted by Crippen LogP contribution is 2.29. The van der Waals surface area contributed by atoms with Crippen LogP contribution in [0.1, 0.15) is 38.2 Å². The van der Waals surface area contributed by atoms with Gasteiger partial charge in [-0.2, -0.15) is 0 Å². The molecule has 0 aliphatic rings. The molecule has 0 unspecified atom stereocenters. The van der Waals surface area contributed by atoms with Crippen LogP contribution in [0.4, 0.5) is 5.13 Å². The van der Waals surface area contributed by atoms with Gasteiger partial charge in [0.2, 0.25) is 5.91 Å². The minimum Gasteiger partial charge on any atom is -0.497 e. The minimum absolute atomic E-state index is 0.249. The smallest absolute Gasteiger partial charge is 0.250 e. The van der Waals surface area contributed by atoms with Crippen molar-refractivity contribution in [3.63, 3.8) is 0 Å². The molecule has 3 aromatic rings. The molecule has 0 saturated carbocycles. The zero-order chi connectivity index (χ0) is 23.5. The van der Waals surface area contributed by atoms with E-state index in [1.807, 2.05) is 47.8 Å². The maximum atomic E-state index is 12.4. The summed E-state index contributed by atoms with van der Waals surface area (Å²) in [6.07, 6.45) is 7.82. The Kier molecular flexibility index (Phi) is 9.32. The van der Waals surface area contributed by atoms with Crippen LogP contribution in [0.25, 0.3) is 17.3 Å². The Morgan fingerprint density at radius 1 is 1.03 bits per heavy atom. The Morgan fingerprint density at radius 3 is 2.58 bits per heavy atom. The zero-order valence-electron chi connectivity index (χ0n) is 19.3. The van der Waals surface area contributed by atoms with Crippen molar-refractivity contribution in [2.24, 2.45) is 0 Å². The third-order valence-corrected chi connectivity index (χ3v) is 5.75. The largest absolute Gasteiger partial charge is 0.497 e. The first-order valence-corrected chi connectivity index (χ1v) is 11.9. The van der Waals surface area contributed by atoms with Gasteiger partial charge in [0.1, 0.15) is 5.75 Å². The fourth-order valence-corrected chi connectivity index (χ4v) is 3.89. The number of amides is 1. The maximum Gasteiger partial charge on any atom is 0.250 e. The Bertz CT molecular complexity index is 1060. The number of unbranched alkanes of at least 4 members (excludes halogenated alkanes) is 3. The zero-order valence-corrected chi connectivity index (χ0v) is 20.1. The van der Waals surface area contributed by atoms with Crippen molar-refractivity contribution in [1.82, 2.24) is 4.98 Å². The number of aromatic nitrogens is 1. The lowest BCUT2D eigenvalue weighted by Gasteiger charge is -2.11. The topological polar surface area (TPSA) is 69.7 Å². The number of carbonyl (C=O) groups is 1. The molecule has 0 bridgehead atoms. The van der Waals surface area contributed by atoms with Crippen LogP contribution in [-0.2, 0) is 4.79 Å². The number of ether oxygens (including phenoxy) is 3. The van der Waals surface area contributed by atoms with Crippen molar-refractivity contribution in [2.75, 3.05) is 26.1 Å². The highest BCUT2D eigenvalue weighted by Gasteiger charge is 2.08. The van der Waals surface area contributed by atoms with E-state index < -0.39 is 0 Å². The van der Waals surface area contributed by atoms with Gasteiger partial charge in [0.25, 0.3) is 0 Å². The summed E-state index contributed by atoms with van der Waals surface area (Å²) in [4.78, 5) is 16.9. The predicted octanol–water partition coefficient (Wildman–Crippen LogP) is 6.44. The summed E-state index contributed by atoms with van der Waals surface area (Å²) in [6, 6.07) is 13.3. The van der Waals surface area contributed by atoms with Crippen LogP contribution >= 0.6 is 11.3 Å². The first-order valence-electron chi connectivity index (χ1n) is 11.0. The van der Waals surface area contributed by atoms with Crippen molar-refractivity contribution in [3.8, 4) is 28.5 Å². The summed E-state index contributed by atoms with van der Waals surface area (Å²) in [5, 5.41) is 5.26. The van der Waals surface area contributed by atoms with Crippen molar-refractivity contribution in [2.45, 2.75) is 32.6 Å². The van der Waals surface area contributed by atoms with Crippen LogP contribution in [0.15, 0.2) is 53.9 Å². The van der Waals surface area contributed by atoms with Crippen LogP contribution in [0, 0.1) is 0 Å². The molecule has 7 heteroatoms. The van der Waals surface area contributed by atoms with Gasteiger partial charge in [-0.05, 0) is 54.5 Å². The molecule has 33 heavy (non-hydrogen) atoms. The second kappa shape index (κ2) is 12.6. The average molecular weight is 467 g/mol. The summed E-state index contributed by atoms with van der Waals surface area (Å²) < 4.78 is 16.5. The van der Waals surface area contributed by atoms with Gasteiger partial charge < -0.3 is 14.2 Å². The normalized spacial score (nSPS) is 10.9. The van der Waals surface area contributed by atoms with Gasteiger partial charge in [0, 0.05) is 17.0 Å². The Hall–Kier alpha value is -3.32. The molecule has 6 nitrogen and oxygen atoms in total. The maximum absolute atomic E-state index is 12.4. The Balaban J connectivity index is 1.56. The molecule has 0 radical (unpaired) electrons. The molecule has 1 heterocycles. The van der Waals surface area contributed by atoms with Crippen LogP contribution in [0.3, 0.4) is 0 Å². The molecule has 0 spiro atoms. The van der Waals surface area contributed by atoms with Crippen LogP contribution in [0.5, 0.6) is 17.2 Å². The molecule has 1 N–H and O–H groups in total. The number of hydrogen-bond donors (Lipinski definition) is 1. The molecule has 174 valence electrons. The van der Waals surface area contributed by atoms with E-state index in [1.165, 1.54) is 30.3 Å². The van der Waals surface area contributed by atoms with Crippen LogP contribution < -0.4 is 19.5 Å². The van der Waals surface area contributed by atoms with Gasteiger partial charge in [-0.15, -0.1) is 11.3 Å². The molecule has 0 aliphatic carbocycles. The fourth-order valence-electron chi connectivity index (χ4n) is 3.16. The van der Waals surface area contributed by atoms with Gasteiger partial charge in [-0.1, -0.05) is 32.3 Å². The second-order valence-electron chi connectivity index (χ2n) is 7.41. The molecule has 3 rings (SSSR count). The molecule has 0 aliphatic heterocycles. The standard InChI is InChI=1S/C26H30N2O4S/c1-4-5-6-7-16-32-23-14-8-19(17-24(23)31-3)9-15-25(29)28-26-27-22(18-33-26)20-10-12-21(30-2)13-11-20/h8-15,17-18H,4-7,16H2,1-3H3,(H,27,28,29)/b15-9+. The van der Waals surface area contributed by atoms with Crippen LogP contribution in [0.2, 0.25) is 0 Å². The van der Waals surface area contributed by atoms with Gasteiger partial charge in [-0.3, -0.25) is 10.1 Å². The molecule has 0 saturated heterocycles. The third-order valence-electron chi connectivity index (χ3n) is 4.99. The Labute approximate surface area is 199 Å². The van der Waals surface area contributed by atoms with Crippen molar-refractivity contribution >= 4 is 28.5 Å². The SMILES string of the molecule is CCCCCCOc1ccc(/C=C/C(=O)Nc2nc(-c3ccc(OC)cc3)cs2)cc1OC. The van der Waals surface area contributed by atoms with E-state index in [0.717, 1.165) is 35.4 Å². The van der Waals surface area contributed by atoms with Crippen molar-refractivity contribution < 1.29 is 19.0 Å². The first kappa shape index (κ1) is 24.3. The highest BCUT2D eigenvalue weighted by atomic mass is 32.1. The third kappa shape index (κ3) is 7.36. The molecular formula is C26H30N2O4S. The Morgan fingerprint density at radius 2 is 1.85 bits per heavy atom. The number of benzene rings is 2. The molecule has 0 fully saturated rings. The van der Waals surface area contributed by atoms with Gasteiger partial charge in [0.15, 0.2) is 16.6 Å². The number of nitrogens with one attached hydrogen (secondary N) is 1. The summed E-state index contributed by atoms with van der Waals surface area (Å²) in [5.41, 5.74) is 2.61. The predicted molar refractivity (Wildman–Crippen MR) is 134 cm³/mol. The van der Waals surface area contributed by atoms with Gasteiger partial charge in [-0.25, -0.2) is 4.98 Å². The second-order valence-corrected chi connectivity index (χ2v) is 8.27. The number of nitrogens with zero attached hydrogens (tertiary/aromatic N) is 1. The molecule has 2 aromatic carbocycles. The number of rotatable bonds is 12. The fraction of sp³-hybridized carbons (Fsp3) is 0.308. The number of hydrogen-bond acceptors (Lipinski definition) is 6. The molecular weight excluding hydrogens is 436 g/mol. The summed E-state index contributed by atoms with van der Waals surface area (Å²) in [7, 11) is 3.25. The van der Waals surface area contributed by atoms with E-state index in [-0.39, 0.29) is 5.91 Å².